The molecular formula is C21H19FN4O2. The number of hydrogen-bond acceptors (Lipinski definition) is 5. The number of hydrogen-bond donors (Lipinski definition) is 2. The Labute approximate surface area is 161 Å². The van der Waals surface area contributed by atoms with Gasteiger partial charge in [-0.25, -0.2) is 14.4 Å². The van der Waals surface area contributed by atoms with Crippen LogP contribution in [-0.2, 0) is 6.42 Å². The van der Waals surface area contributed by atoms with Crippen LogP contribution in [0.2, 0.25) is 0 Å². The van der Waals surface area contributed by atoms with Gasteiger partial charge in [-0.2, -0.15) is 0 Å². The van der Waals surface area contributed by atoms with E-state index in [0.717, 1.165) is 11.3 Å². The molecular weight excluding hydrogens is 359 g/mol. The molecule has 0 saturated heterocycles. The molecule has 142 valence electrons. The molecule has 0 saturated carbocycles. The first-order chi connectivity index (χ1) is 13.5. The van der Waals surface area contributed by atoms with Gasteiger partial charge in [0.05, 0.1) is 5.56 Å². The second-order valence-electron chi connectivity index (χ2n) is 6.19. The van der Waals surface area contributed by atoms with E-state index in [9.17, 15) is 14.0 Å². The van der Waals surface area contributed by atoms with E-state index in [-0.39, 0.29) is 17.5 Å². The Morgan fingerprint density at radius 2 is 1.57 bits per heavy atom. The second kappa shape index (κ2) is 8.85. The van der Waals surface area contributed by atoms with Gasteiger partial charge in [-0.15, -0.1) is 0 Å². The van der Waals surface area contributed by atoms with Crippen LogP contribution >= 0.6 is 0 Å². The quantitative estimate of drug-likeness (QED) is 0.615. The van der Waals surface area contributed by atoms with Gasteiger partial charge in [0.15, 0.2) is 5.78 Å². The van der Waals surface area contributed by atoms with Gasteiger partial charge in [-0.3, -0.25) is 9.59 Å². The van der Waals surface area contributed by atoms with Crippen molar-refractivity contribution in [3.05, 3.63) is 83.4 Å². The Kier molecular flexibility index (Phi) is 6.06. The lowest BCUT2D eigenvalue weighted by Gasteiger charge is -2.07. The molecule has 0 aliphatic rings. The van der Waals surface area contributed by atoms with Gasteiger partial charge in [0, 0.05) is 30.2 Å². The van der Waals surface area contributed by atoms with Gasteiger partial charge < -0.3 is 10.6 Å². The van der Waals surface area contributed by atoms with Crippen molar-refractivity contribution < 1.29 is 14.0 Å². The van der Waals surface area contributed by atoms with Crippen LogP contribution < -0.4 is 10.6 Å². The summed E-state index contributed by atoms with van der Waals surface area (Å²) >= 11 is 0. The van der Waals surface area contributed by atoms with Crippen LogP contribution in [0.15, 0.2) is 60.9 Å². The number of benzene rings is 2. The summed E-state index contributed by atoms with van der Waals surface area (Å²) in [6.07, 6.45) is 3.47. The topological polar surface area (TPSA) is 84.0 Å². The van der Waals surface area contributed by atoms with Gasteiger partial charge in [-0.1, -0.05) is 12.1 Å². The standard InChI is InChI=1S/C21H19FN4O2/c1-14(27)16-4-8-19(9-5-16)26-21-24-12-17(13-25-21)20(28)23-11-10-15-2-6-18(22)7-3-15/h2-9,12-13H,10-11H2,1H3,(H,23,28)(H,24,25,26). The van der Waals surface area contributed by atoms with Crippen molar-refractivity contribution in [2.24, 2.45) is 0 Å². The van der Waals surface area contributed by atoms with Gasteiger partial charge in [-0.05, 0) is 55.3 Å². The van der Waals surface area contributed by atoms with E-state index in [2.05, 4.69) is 20.6 Å². The average Bonchev–Trinajstić information content (AvgIpc) is 2.70. The lowest BCUT2D eigenvalue weighted by atomic mass is 10.1. The highest BCUT2D eigenvalue weighted by atomic mass is 19.1. The molecule has 0 aliphatic carbocycles. The summed E-state index contributed by atoms with van der Waals surface area (Å²) in [6.45, 7) is 1.93. The van der Waals surface area contributed by atoms with Crippen molar-refractivity contribution in [3.63, 3.8) is 0 Å². The zero-order chi connectivity index (χ0) is 19.9. The molecule has 0 radical (unpaired) electrons. The molecule has 3 aromatic rings. The molecule has 28 heavy (non-hydrogen) atoms. The monoisotopic (exact) mass is 378 g/mol. The fourth-order valence-electron chi connectivity index (χ4n) is 2.50. The van der Waals surface area contributed by atoms with E-state index >= 15 is 0 Å². The highest BCUT2D eigenvalue weighted by Gasteiger charge is 2.07. The first kappa shape index (κ1) is 19.2. The maximum atomic E-state index is 12.9. The third-order valence-electron chi connectivity index (χ3n) is 4.07. The van der Waals surface area contributed by atoms with Gasteiger partial charge in [0.1, 0.15) is 5.82 Å². The Bertz CT molecular complexity index is 955. The Hall–Kier alpha value is -3.61. The Morgan fingerprint density at radius 3 is 2.18 bits per heavy atom. The average molecular weight is 378 g/mol. The summed E-state index contributed by atoms with van der Waals surface area (Å²) in [5.41, 5.74) is 2.64. The molecule has 2 N–H and O–H groups in total. The van der Waals surface area contributed by atoms with Gasteiger partial charge in [0.2, 0.25) is 5.95 Å². The van der Waals surface area contributed by atoms with E-state index < -0.39 is 0 Å². The smallest absolute Gasteiger partial charge is 0.254 e. The maximum absolute atomic E-state index is 12.9. The number of rotatable bonds is 7. The van der Waals surface area contributed by atoms with Crippen molar-refractivity contribution >= 4 is 23.3 Å². The Morgan fingerprint density at radius 1 is 0.929 bits per heavy atom. The zero-order valence-electron chi connectivity index (χ0n) is 15.3. The summed E-state index contributed by atoms with van der Waals surface area (Å²) in [4.78, 5) is 31.7. The molecule has 7 heteroatoms. The minimum absolute atomic E-state index is 0.00223. The van der Waals surface area contributed by atoms with Gasteiger partial charge in [0.25, 0.3) is 5.91 Å². The summed E-state index contributed by atoms with van der Waals surface area (Å²) in [7, 11) is 0. The third-order valence-corrected chi connectivity index (χ3v) is 4.07. The van der Waals surface area contributed by atoms with Crippen LogP contribution in [0.5, 0.6) is 0 Å². The fourth-order valence-corrected chi connectivity index (χ4v) is 2.50. The van der Waals surface area contributed by atoms with Crippen molar-refractivity contribution in [1.29, 1.82) is 0 Å². The molecule has 0 aliphatic heterocycles. The van der Waals surface area contributed by atoms with E-state index in [0.29, 0.717) is 30.0 Å². The lowest BCUT2D eigenvalue weighted by molar-refractivity contribution is 0.0952. The number of ketones is 1. The summed E-state index contributed by atoms with van der Waals surface area (Å²) in [6, 6.07) is 13.1. The number of carbonyl (C=O) groups excluding carboxylic acids is 2. The molecule has 1 amide bonds. The molecule has 2 aromatic carbocycles. The number of anilines is 2. The second-order valence-corrected chi connectivity index (χ2v) is 6.19. The largest absolute Gasteiger partial charge is 0.352 e. The maximum Gasteiger partial charge on any atom is 0.254 e. The minimum Gasteiger partial charge on any atom is -0.352 e. The first-order valence-electron chi connectivity index (χ1n) is 8.74. The highest BCUT2D eigenvalue weighted by molar-refractivity contribution is 5.94. The van der Waals surface area contributed by atoms with E-state index in [1.165, 1.54) is 31.5 Å². The van der Waals surface area contributed by atoms with Crippen molar-refractivity contribution in [1.82, 2.24) is 15.3 Å². The number of amides is 1. The number of nitrogens with one attached hydrogen (secondary N) is 2. The summed E-state index contributed by atoms with van der Waals surface area (Å²) in [5.74, 6) is -0.219. The number of carbonyl (C=O) groups is 2. The van der Waals surface area contributed by atoms with Crippen molar-refractivity contribution in [2.75, 3.05) is 11.9 Å². The molecule has 0 unspecified atom stereocenters. The lowest BCUT2D eigenvalue weighted by Crippen LogP contribution is -2.26. The predicted molar refractivity (Wildman–Crippen MR) is 104 cm³/mol. The van der Waals surface area contributed by atoms with Crippen LogP contribution in [0.4, 0.5) is 16.0 Å². The van der Waals surface area contributed by atoms with E-state index in [4.69, 9.17) is 0 Å². The van der Waals surface area contributed by atoms with Crippen LogP contribution in [0.3, 0.4) is 0 Å². The third kappa shape index (κ3) is 5.20. The highest BCUT2D eigenvalue weighted by Crippen LogP contribution is 2.14. The number of nitrogens with zero attached hydrogens (tertiary/aromatic N) is 2. The molecule has 6 nitrogen and oxygen atoms in total. The molecule has 0 bridgehead atoms. The Balaban J connectivity index is 1.52. The minimum atomic E-state index is -0.284. The molecule has 0 atom stereocenters. The fraction of sp³-hybridized carbons (Fsp3) is 0.143. The van der Waals surface area contributed by atoms with E-state index in [1.807, 2.05) is 0 Å². The number of halogens is 1. The molecule has 1 aromatic heterocycles. The molecule has 3 rings (SSSR count). The van der Waals surface area contributed by atoms with Crippen molar-refractivity contribution in [3.8, 4) is 0 Å². The zero-order valence-corrected chi connectivity index (χ0v) is 15.3. The van der Waals surface area contributed by atoms with Crippen LogP contribution in [0, 0.1) is 5.82 Å². The molecule has 0 fully saturated rings. The normalized spacial score (nSPS) is 10.4. The number of aromatic nitrogens is 2. The summed E-state index contributed by atoms with van der Waals surface area (Å²) in [5, 5.41) is 5.79. The SMILES string of the molecule is CC(=O)c1ccc(Nc2ncc(C(=O)NCCc3ccc(F)cc3)cn2)cc1. The molecule has 1 heterocycles. The van der Waals surface area contributed by atoms with Crippen molar-refractivity contribution in [2.45, 2.75) is 13.3 Å². The number of Topliss-reactive ketones (excluding diaryl/α,β-unsaturated/α-hetero) is 1. The van der Waals surface area contributed by atoms with E-state index in [1.54, 1.807) is 36.4 Å². The first-order valence-corrected chi connectivity index (χ1v) is 8.74. The van der Waals surface area contributed by atoms with Crippen LogP contribution in [-0.4, -0.2) is 28.2 Å². The van der Waals surface area contributed by atoms with Gasteiger partial charge >= 0.3 is 0 Å². The molecule has 0 spiro atoms. The van der Waals surface area contributed by atoms with Crippen LogP contribution in [0.1, 0.15) is 33.2 Å². The predicted octanol–water partition coefficient (Wildman–Crippen LogP) is 3.53. The van der Waals surface area contributed by atoms with Crippen LogP contribution in [0.25, 0.3) is 0 Å². The summed E-state index contributed by atoms with van der Waals surface area (Å²) < 4.78 is 12.9.